The molecule has 1 aliphatic heterocycles. The number of aromatic nitrogens is 2. The van der Waals surface area contributed by atoms with Crippen molar-refractivity contribution in [2.45, 2.75) is 32.0 Å². The van der Waals surface area contributed by atoms with Gasteiger partial charge in [-0.05, 0) is 18.4 Å². The van der Waals surface area contributed by atoms with E-state index in [1.165, 1.54) is 5.56 Å². The first-order chi connectivity index (χ1) is 13.3. The summed E-state index contributed by atoms with van der Waals surface area (Å²) in [5.74, 6) is 0.855. The van der Waals surface area contributed by atoms with E-state index in [9.17, 15) is 0 Å². The molecule has 0 bridgehead atoms. The van der Waals surface area contributed by atoms with Crippen molar-refractivity contribution in [1.82, 2.24) is 24.9 Å². The lowest BCUT2D eigenvalue weighted by Gasteiger charge is -2.33. The number of aliphatic imine (C=N–C) groups is 1. The van der Waals surface area contributed by atoms with Crippen molar-refractivity contribution in [1.29, 1.82) is 0 Å². The van der Waals surface area contributed by atoms with Gasteiger partial charge in [0.15, 0.2) is 10.9 Å². The average Bonchev–Trinajstić information content (AvgIpc) is 3.29. The highest BCUT2D eigenvalue weighted by Gasteiger charge is 2.20. The summed E-state index contributed by atoms with van der Waals surface area (Å²) in [6.45, 7) is 3.95. The number of thiazole rings is 1. The first kappa shape index (κ1) is 21.1. The zero-order valence-corrected chi connectivity index (χ0v) is 19.2. The molecule has 2 aromatic heterocycles. The van der Waals surface area contributed by atoms with Crippen LogP contribution in [0.3, 0.4) is 0 Å². The van der Waals surface area contributed by atoms with Gasteiger partial charge >= 0.3 is 0 Å². The summed E-state index contributed by atoms with van der Waals surface area (Å²) in [7, 11) is 1.83. The molecule has 150 valence electrons. The van der Waals surface area contributed by atoms with Crippen molar-refractivity contribution in [2.24, 2.45) is 4.99 Å². The second-order valence-corrected chi connectivity index (χ2v) is 7.80. The third-order valence-electron chi connectivity index (χ3n) is 4.98. The van der Waals surface area contributed by atoms with Crippen LogP contribution >= 0.6 is 35.3 Å². The second-order valence-electron chi connectivity index (χ2n) is 6.93. The number of nitrogens with one attached hydrogen (secondary N) is 2. The predicted molar refractivity (Wildman–Crippen MR) is 127 cm³/mol. The van der Waals surface area contributed by atoms with Crippen molar-refractivity contribution < 1.29 is 0 Å². The van der Waals surface area contributed by atoms with E-state index in [0.29, 0.717) is 12.6 Å². The molecule has 3 aromatic rings. The number of likely N-dealkylation sites (tertiary alicyclic amines) is 1. The Morgan fingerprint density at radius 1 is 1.25 bits per heavy atom. The molecule has 28 heavy (non-hydrogen) atoms. The van der Waals surface area contributed by atoms with Crippen LogP contribution in [0.4, 0.5) is 0 Å². The summed E-state index contributed by atoms with van der Waals surface area (Å²) >= 11 is 1.65. The SMILES string of the molecule is CN=C(NCc1cn2ccsc2n1)NC1CCN(Cc2ccccc2)CC1.I. The zero-order valence-electron chi connectivity index (χ0n) is 16.0. The molecule has 1 saturated heterocycles. The molecule has 0 atom stereocenters. The van der Waals surface area contributed by atoms with Crippen molar-refractivity contribution in [3.63, 3.8) is 0 Å². The zero-order chi connectivity index (χ0) is 18.5. The van der Waals surface area contributed by atoms with Gasteiger partial charge in [0.1, 0.15) is 0 Å². The van der Waals surface area contributed by atoms with Gasteiger partial charge in [-0.1, -0.05) is 30.3 Å². The molecule has 2 N–H and O–H groups in total. The highest BCUT2D eigenvalue weighted by molar-refractivity contribution is 14.0. The van der Waals surface area contributed by atoms with Crippen LogP contribution in [-0.4, -0.2) is 46.4 Å². The average molecular weight is 510 g/mol. The fourth-order valence-electron chi connectivity index (χ4n) is 3.50. The number of benzene rings is 1. The van der Waals surface area contributed by atoms with Crippen molar-refractivity contribution >= 4 is 46.2 Å². The Kier molecular flexibility index (Phi) is 7.69. The minimum Gasteiger partial charge on any atom is -0.354 e. The summed E-state index contributed by atoms with van der Waals surface area (Å²) in [5, 5.41) is 9.00. The van der Waals surface area contributed by atoms with E-state index < -0.39 is 0 Å². The molecule has 4 rings (SSSR count). The highest BCUT2D eigenvalue weighted by Crippen LogP contribution is 2.14. The van der Waals surface area contributed by atoms with Gasteiger partial charge in [-0.2, -0.15) is 0 Å². The highest BCUT2D eigenvalue weighted by atomic mass is 127. The van der Waals surface area contributed by atoms with Crippen LogP contribution in [0.1, 0.15) is 24.1 Å². The topological polar surface area (TPSA) is 57.0 Å². The molecule has 0 amide bonds. The van der Waals surface area contributed by atoms with E-state index in [4.69, 9.17) is 0 Å². The van der Waals surface area contributed by atoms with Gasteiger partial charge in [0.05, 0.1) is 12.2 Å². The number of guanidine groups is 1. The molecule has 0 unspecified atom stereocenters. The Hall–Kier alpha value is -1.65. The van der Waals surface area contributed by atoms with E-state index in [1.807, 2.05) is 18.6 Å². The molecule has 0 radical (unpaired) electrons. The Morgan fingerprint density at radius 2 is 2.04 bits per heavy atom. The van der Waals surface area contributed by atoms with E-state index in [0.717, 1.165) is 49.1 Å². The van der Waals surface area contributed by atoms with Crippen LogP contribution in [0.15, 0.2) is 53.1 Å². The van der Waals surface area contributed by atoms with Gasteiger partial charge in [0.25, 0.3) is 0 Å². The van der Waals surface area contributed by atoms with Crippen molar-refractivity contribution in [2.75, 3.05) is 20.1 Å². The second kappa shape index (κ2) is 10.2. The summed E-state index contributed by atoms with van der Waals surface area (Å²) < 4.78 is 2.06. The number of nitrogens with zero attached hydrogens (tertiary/aromatic N) is 4. The fourth-order valence-corrected chi connectivity index (χ4v) is 4.22. The predicted octanol–water partition coefficient (Wildman–Crippen LogP) is 3.34. The number of piperidine rings is 1. The minimum absolute atomic E-state index is 0. The number of hydrogen-bond donors (Lipinski definition) is 2. The Labute approximate surface area is 187 Å². The summed E-state index contributed by atoms with van der Waals surface area (Å²) in [6, 6.07) is 11.2. The lowest BCUT2D eigenvalue weighted by molar-refractivity contribution is 0.198. The van der Waals surface area contributed by atoms with E-state index >= 15 is 0 Å². The van der Waals surface area contributed by atoms with E-state index in [2.05, 4.69) is 66.4 Å². The maximum absolute atomic E-state index is 4.61. The first-order valence-corrected chi connectivity index (χ1v) is 10.3. The molecule has 1 aliphatic rings. The van der Waals surface area contributed by atoms with Crippen LogP contribution in [-0.2, 0) is 13.1 Å². The van der Waals surface area contributed by atoms with Crippen LogP contribution in [0.25, 0.3) is 4.96 Å². The monoisotopic (exact) mass is 510 g/mol. The van der Waals surface area contributed by atoms with Crippen LogP contribution in [0.5, 0.6) is 0 Å². The smallest absolute Gasteiger partial charge is 0.193 e. The van der Waals surface area contributed by atoms with Crippen LogP contribution in [0, 0.1) is 0 Å². The summed E-state index contributed by atoms with van der Waals surface area (Å²) in [6.07, 6.45) is 6.36. The summed E-state index contributed by atoms with van der Waals surface area (Å²) in [5.41, 5.74) is 2.42. The van der Waals surface area contributed by atoms with Crippen molar-refractivity contribution in [3.8, 4) is 0 Å². The quantitative estimate of drug-likeness (QED) is 0.314. The number of imidazole rings is 1. The maximum atomic E-state index is 4.61. The lowest BCUT2D eigenvalue weighted by atomic mass is 10.0. The third kappa shape index (κ3) is 5.45. The van der Waals surface area contributed by atoms with Gasteiger partial charge < -0.3 is 10.6 Å². The number of rotatable bonds is 5. The van der Waals surface area contributed by atoms with E-state index in [-0.39, 0.29) is 24.0 Å². The molecular weight excluding hydrogens is 483 g/mol. The minimum atomic E-state index is 0. The summed E-state index contributed by atoms with van der Waals surface area (Å²) in [4.78, 5) is 12.5. The van der Waals surface area contributed by atoms with Gasteiger partial charge in [0, 0.05) is 50.5 Å². The number of halogens is 1. The third-order valence-corrected chi connectivity index (χ3v) is 5.75. The molecule has 6 nitrogen and oxygen atoms in total. The van der Waals surface area contributed by atoms with Gasteiger partial charge in [-0.15, -0.1) is 35.3 Å². The standard InChI is InChI=1S/C20H26N6S.HI/c1-21-19(22-13-18-15-26-11-12-27-20(26)24-18)23-17-7-9-25(10-8-17)14-16-5-3-2-4-6-16;/h2-6,11-12,15,17H,7-10,13-14H2,1H3,(H2,21,22,23);1H. The Balaban J connectivity index is 0.00000225. The number of hydrogen-bond acceptors (Lipinski definition) is 4. The number of fused-ring (bicyclic) bond motifs is 1. The van der Waals surface area contributed by atoms with Crippen LogP contribution in [0.2, 0.25) is 0 Å². The van der Waals surface area contributed by atoms with Gasteiger partial charge in [-0.25, -0.2) is 4.98 Å². The fraction of sp³-hybridized carbons (Fsp3) is 0.400. The Morgan fingerprint density at radius 3 is 2.75 bits per heavy atom. The van der Waals surface area contributed by atoms with Gasteiger partial charge in [-0.3, -0.25) is 14.3 Å². The van der Waals surface area contributed by atoms with Gasteiger partial charge in [0.2, 0.25) is 0 Å². The molecular formula is C20H27IN6S. The first-order valence-electron chi connectivity index (χ1n) is 9.45. The van der Waals surface area contributed by atoms with E-state index in [1.54, 1.807) is 11.3 Å². The van der Waals surface area contributed by atoms with Crippen LogP contribution < -0.4 is 10.6 Å². The molecule has 1 aromatic carbocycles. The normalized spacial score (nSPS) is 16.1. The largest absolute Gasteiger partial charge is 0.354 e. The molecule has 1 fully saturated rings. The lowest BCUT2D eigenvalue weighted by Crippen LogP contribution is -2.48. The molecule has 0 aliphatic carbocycles. The molecule has 0 saturated carbocycles. The maximum Gasteiger partial charge on any atom is 0.193 e. The molecule has 0 spiro atoms. The Bertz CT molecular complexity index is 854. The molecule has 8 heteroatoms. The molecule has 3 heterocycles. The van der Waals surface area contributed by atoms with Crippen molar-refractivity contribution in [3.05, 3.63) is 59.4 Å².